The highest BCUT2D eigenvalue weighted by molar-refractivity contribution is 7.83. The first-order chi connectivity index (χ1) is 15.7. The number of nitrogens with two attached hydrogens (primary N) is 1. The minimum Gasteiger partial charge on any atom is -0.492 e. The largest absolute Gasteiger partial charge is 0.492 e. The van der Waals surface area contributed by atoms with Gasteiger partial charge in [0.25, 0.3) is 0 Å². The molecule has 0 heterocycles. The monoisotopic (exact) mass is 468 g/mol. The van der Waals surface area contributed by atoms with Crippen LogP contribution in [0.15, 0.2) is 84.9 Å². The Morgan fingerprint density at radius 1 is 0.848 bits per heavy atom. The van der Waals surface area contributed by atoms with Crippen LogP contribution < -0.4 is 9.88 Å². The molecule has 0 bridgehead atoms. The second-order valence-electron chi connectivity index (χ2n) is 7.63. The van der Waals surface area contributed by atoms with Gasteiger partial charge in [0.1, 0.15) is 12.4 Å². The Kier molecular flexibility index (Phi) is 10.3. The minimum atomic E-state index is -4.17. The van der Waals surface area contributed by atoms with Crippen LogP contribution in [-0.2, 0) is 10.3 Å². The van der Waals surface area contributed by atoms with Crippen molar-refractivity contribution in [3.63, 3.8) is 0 Å². The van der Waals surface area contributed by atoms with E-state index in [-0.39, 0.29) is 0 Å². The molecule has 0 atom stereocenters. The van der Waals surface area contributed by atoms with Crippen LogP contribution in [0.1, 0.15) is 30.0 Å². The van der Waals surface area contributed by atoms with E-state index in [1.54, 1.807) is 0 Å². The zero-order valence-corrected chi connectivity index (χ0v) is 20.1. The van der Waals surface area contributed by atoms with E-state index in [1.807, 2.05) is 0 Å². The summed E-state index contributed by atoms with van der Waals surface area (Å²) in [7, 11) is -0.0570. The lowest BCUT2D eigenvalue weighted by Gasteiger charge is -2.17. The van der Waals surface area contributed by atoms with Crippen LogP contribution >= 0.6 is 0 Å². The van der Waals surface area contributed by atoms with E-state index in [2.05, 4.69) is 116 Å². The van der Waals surface area contributed by atoms with E-state index in [4.69, 9.17) is 17.7 Å². The molecule has 0 saturated carbocycles. The summed E-state index contributed by atoms with van der Waals surface area (Å²) in [6, 6.07) is 29.8. The number of hydrogen-bond donors (Lipinski definition) is 2. The quantitative estimate of drug-likeness (QED) is 0.368. The molecule has 7 heteroatoms. The Bertz CT molecular complexity index is 1100. The van der Waals surface area contributed by atoms with Crippen LogP contribution in [0.2, 0.25) is 0 Å². The van der Waals surface area contributed by atoms with Crippen molar-refractivity contribution < 1.29 is 17.7 Å². The third-order valence-electron chi connectivity index (χ3n) is 4.79. The van der Waals surface area contributed by atoms with Gasteiger partial charge < -0.3 is 9.64 Å². The number of allylic oxidation sites excluding steroid dienone is 1. The van der Waals surface area contributed by atoms with Crippen LogP contribution in [0.4, 0.5) is 0 Å². The summed E-state index contributed by atoms with van der Waals surface area (Å²) in [6.07, 6.45) is 0.968. The molecule has 3 N–H and O–H groups in total. The minimum absolute atomic E-state index is 0.692. The molecule has 0 aliphatic carbocycles. The van der Waals surface area contributed by atoms with Crippen LogP contribution in [0.25, 0.3) is 11.1 Å². The van der Waals surface area contributed by atoms with Gasteiger partial charge in [-0.05, 0) is 60.5 Å². The van der Waals surface area contributed by atoms with Crippen LogP contribution in [-0.4, -0.2) is 45.1 Å². The van der Waals surface area contributed by atoms with Gasteiger partial charge in [-0.25, -0.2) is 5.14 Å². The van der Waals surface area contributed by atoms with Gasteiger partial charge in [-0.3, -0.25) is 4.55 Å². The highest BCUT2D eigenvalue weighted by Gasteiger charge is 2.13. The molecule has 3 rings (SSSR count). The maximum absolute atomic E-state index is 8.97. The van der Waals surface area contributed by atoms with Gasteiger partial charge in [-0.1, -0.05) is 79.7 Å². The first-order valence-corrected chi connectivity index (χ1v) is 12.2. The van der Waals surface area contributed by atoms with Crippen molar-refractivity contribution in [2.75, 3.05) is 27.2 Å². The number of hydrogen-bond acceptors (Lipinski definition) is 4. The molecule has 0 unspecified atom stereocenters. The summed E-state index contributed by atoms with van der Waals surface area (Å²) >= 11 is 0. The maximum Gasteiger partial charge on any atom is 0.330 e. The van der Waals surface area contributed by atoms with Crippen molar-refractivity contribution in [1.29, 1.82) is 0 Å². The molecular formula is C26H32N2O4S. The van der Waals surface area contributed by atoms with Crippen molar-refractivity contribution in [3.05, 3.63) is 102 Å². The number of ether oxygens (including phenoxy) is 1. The Morgan fingerprint density at radius 3 is 1.76 bits per heavy atom. The SMILES string of the molecule is CCC(=C(c1ccccc1)c1ccc(OCCN(C)C)cc1)c1ccccc1.NS(=O)(=O)O. The lowest BCUT2D eigenvalue weighted by atomic mass is 9.88. The normalized spacial score (nSPS) is 11.9. The molecule has 0 amide bonds. The Labute approximate surface area is 197 Å². The summed E-state index contributed by atoms with van der Waals surface area (Å²) in [5, 5.41) is 3.88. The fourth-order valence-corrected chi connectivity index (χ4v) is 3.35. The Morgan fingerprint density at radius 2 is 1.30 bits per heavy atom. The third kappa shape index (κ3) is 9.59. The van der Waals surface area contributed by atoms with Crippen molar-refractivity contribution in [1.82, 2.24) is 4.90 Å². The molecule has 33 heavy (non-hydrogen) atoms. The highest BCUT2D eigenvalue weighted by atomic mass is 32.2. The molecule has 0 spiro atoms. The molecule has 176 valence electrons. The fraction of sp³-hybridized carbons (Fsp3) is 0.231. The average molecular weight is 469 g/mol. The smallest absolute Gasteiger partial charge is 0.330 e. The molecule has 0 radical (unpaired) electrons. The van der Waals surface area contributed by atoms with Crippen LogP contribution in [0.5, 0.6) is 5.75 Å². The molecular weight excluding hydrogens is 436 g/mol. The van der Waals surface area contributed by atoms with E-state index in [0.717, 1.165) is 18.7 Å². The van der Waals surface area contributed by atoms with Gasteiger partial charge in [0.2, 0.25) is 0 Å². The molecule has 6 nitrogen and oxygen atoms in total. The average Bonchev–Trinajstić information content (AvgIpc) is 2.78. The predicted octanol–water partition coefficient (Wildman–Crippen LogP) is 4.74. The summed E-state index contributed by atoms with van der Waals surface area (Å²) in [6.45, 7) is 3.83. The second kappa shape index (κ2) is 12.9. The summed E-state index contributed by atoms with van der Waals surface area (Å²) in [4.78, 5) is 2.12. The molecule has 0 saturated heterocycles. The third-order valence-corrected chi connectivity index (χ3v) is 4.79. The zero-order chi connectivity index (χ0) is 24.3. The van der Waals surface area contributed by atoms with Crippen molar-refractivity contribution in [2.24, 2.45) is 5.14 Å². The Hall–Kier alpha value is -2.97. The molecule has 0 aliphatic heterocycles. The first-order valence-electron chi connectivity index (χ1n) is 10.7. The Balaban J connectivity index is 0.000000696. The van der Waals surface area contributed by atoms with Gasteiger partial charge in [0.05, 0.1) is 0 Å². The molecule has 0 fully saturated rings. The van der Waals surface area contributed by atoms with E-state index in [9.17, 15) is 0 Å². The summed E-state index contributed by atoms with van der Waals surface area (Å²) in [5.74, 6) is 0.913. The van der Waals surface area contributed by atoms with E-state index in [0.29, 0.717) is 6.61 Å². The van der Waals surface area contributed by atoms with Crippen molar-refractivity contribution >= 4 is 21.5 Å². The molecule has 0 aliphatic rings. The summed E-state index contributed by atoms with van der Waals surface area (Å²) < 4.78 is 31.1. The van der Waals surface area contributed by atoms with E-state index < -0.39 is 10.3 Å². The first kappa shape index (κ1) is 26.3. The predicted molar refractivity (Wildman–Crippen MR) is 135 cm³/mol. The van der Waals surface area contributed by atoms with Crippen molar-refractivity contribution in [3.8, 4) is 5.75 Å². The highest BCUT2D eigenvalue weighted by Crippen LogP contribution is 2.34. The number of rotatable bonds is 8. The lowest BCUT2D eigenvalue weighted by molar-refractivity contribution is 0.261. The lowest BCUT2D eigenvalue weighted by Crippen LogP contribution is -2.19. The zero-order valence-electron chi connectivity index (χ0n) is 19.3. The standard InChI is InChI=1S/C26H29NO.H3NO3S/c1-4-25(21-11-7-5-8-12-21)26(22-13-9-6-10-14-22)23-15-17-24(18-16-23)28-20-19-27(2)3;1-5(2,3)4/h5-18H,4,19-20H2,1-3H3;(H3,1,2,3,4). The van der Waals surface area contributed by atoms with Crippen LogP contribution in [0, 0.1) is 0 Å². The molecule has 3 aromatic rings. The maximum atomic E-state index is 8.97. The van der Waals surface area contributed by atoms with E-state index >= 15 is 0 Å². The molecule has 3 aromatic carbocycles. The van der Waals surface area contributed by atoms with Gasteiger partial charge in [0, 0.05) is 6.54 Å². The number of benzene rings is 3. The van der Waals surface area contributed by atoms with Gasteiger partial charge >= 0.3 is 10.3 Å². The van der Waals surface area contributed by atoms with E-state index in [1.165, 1.54) is 27.8 Å². The molecule has 0 aromatic heterocycles. The van der Waals surface area contributed by atoms with Gasteiger partial charge in [-0.15, -0.1) is 0 Å². The number of nitrogens with zero attached hydrogens (tertiary/aromatic N) is 1. The van der Waals surface area contributed by atoms with Gasteiger partial charge in [-0.2, -0.15) is 8.42 Å². The van der Waals surface area contributed by atoms with Crippen LogP contribution in [0.3, 0.4) is 0 Å². The second-order valence-corrected chi connectivity index (χ2v) is 8.66. The topological polar surface area (TPSA) is 92.9 Å². The van der Waals surface area contributed by atoms with Crippen molar-refractivity contribution in [2.45, 2.75) is 13.3 Å². The summed E-state index contributed by atoms with van der Waals surface area (Å²) in [5.41, 5.74) is 6.37. The fourth-order valence-electron chi connectivity index (χ4n) is 3.35. The number of likely N-dealkylation sites (N-methyl/N-ethyl adjacent to an activating group) is 1. The van der Waals surface area contributed by atoms with Gasteiger partial charge in [0.15, 0.2) is 0 Å².